The van der Waals surface area contributed by atoms with Gasteiger partial charge in [-0.25, -0.2) is 4.79 Å². The molecule has 0 radical (unpaired) electrons. The number of rotatable bonds is 7. The summed E-state index contributed by atoms with van der Waals surface area (Å²) in [6.07, 6.45) is -6.59. The predicted octanol–water partition coefficient (Wildman–Crippen LogP) is 1.50. The Morgan fingerprint density at radius 2 is 1.41 bits per heavy atom. The number of esters is 4. The van der Waals surface area contributed by atoms with E-state index in [-0.39, 0.29) is 0 Å². The van der Waals surface area contributed by atoms with Gasteiger partial charge in [0.2, 0.25) is 0 Å². The molecule has 34 heavy (non-hydrogen) atoms. The van der Waals surface area contributed by atoms with Crippen molar-refractivity contribution in [1.29, 1.82) is 0 Å². The zero-order valence-electron chi connectivity index (χ0n) is 18.9. The highest BCUT2D eigenvalue weighted by Crippen LogP contribution is 2.28. The molecule has 5 atom stereocenters. The molecule has 0 unspecified atom stereocenters. The fourth-order valence-corrected chi connectivity index (χ4v) is 3.72. The molecular weight excluding hydrogens is 567 g/mol. The van der Waals surface area contributed by atoms with E-state index >= 15 is 0 Å². The lowest BCUT2D eigenvalue weighted by Crippen LogP contribution is -2.66. The number of benzene rings is 1. The molecular formula is C21H25IN2O10. The lowest BCUT2D eigenvalue weighted by Gasteiger charge is -2.44. The van der Waals surface area contributed by atoms with Crippen molar-refractivity contribution >= 4 is 58.2 Å². The van der Waals surface area contributed by atoms with Crippen LogP contribution in [0.1, 0.15) is 27.7 Å². The van der Waals surface area contributed by atoms with Crippen LogP contribution in [-0.4, -0.2) is 67.2 Å². The second-order valence-corrected chi connectivity index (χ2v) is 8.36. The van der Waals surface area contributed by atoms with Gasteiger partial charge in [0.1, 0.15) is 12.7 Å². The number of hydrogen-bond donors (Lipinski definition) is 2. The molecule has 0 aliphatic carbocycles. The number of para-hydroxylation sites is 1. The van der Waals surface area contributed by atoms with Gasteiger partial charge < -0.3 is 34.3 Å². The van der Waals surface area contributed by atoms with Crippen LogP contribution in [0.15, 0.2) is 24.3 Å². The summed E-state index contributed by atoms with van der Waals surface area (Å²) < 4.78 is 27.5. The molecule has 0 bridgehead atoms. The molecule has 1 fully saturated rings. The van der Waals surface area contributed by atoms with Crippen LogP contribution in [0.5, 0.6) is 0 Å². The van der Waals surface area contributed by atoms with Crippen LogP contribution in [-0.2, 0) is 42.9 Å². The number of ether oxygens (including phenoxy) is 5. The summed E-state index contributed by atoms with van der Waals surface area (Å²) >= 11 is 2.04. The van der Waals surface area contributed by atoms with Gasteiger partial charge in [0.05, 0.1) is 5.69 Å². The van der Waals surface area contributed by atoms with Crippen molar-refractivity contribution < 1.29 is 47.7 Å². The van der Waals surface area contributed by atoms with Crippen molar-refractivity contribution in [3.63, 3.8) is 0 Å². The molecule has 0 saturated carbocycles. The average molecular weight is 592 g/mol. The van der Waals surface area contributed by atoms with E-state index in [2.05, 4.69) is 10.6 Å². The van der Waals surface area contributed by atoms with Crippen LogP contribution in [0, 0.1) is 3.57 Å². The van der Waals surface area contributed by atoms with Gasteiger partial charge in [-0.05, 0) is 34.7 Å². The van der Waals surface area contributed by atoms with Gasteiger partial charge in [-0.15, -0.1) is 0 Å². The molecule has 2 rings (SSSR count). The zero-order chi connectivity index (χ0) is 25.4. The van der Waals surface area contributed by atoms with Gasteiger partial charge in [-0.1, -0.05) is 12.1 Å². The van der Waals surface area contributed by atoms with Crippen molar-refractivity contribution in [2.24, 2.45) is 0 Å². The minimum absolute atomic E-state index is 0.395. The number of carbonyl (C=O) groups is 5. The Balaban J connectivity index is 2.37. The third kappa shape index (κ3) is 8.13. The first kappa shape index (κ1) is 27.3. The van der Waals surface area contributed by atoms with E-state index in [0.29, 0.717) is 5.69 Å². The van der Waals surface area contributed by atoms with Crippen LogP contribution < -0.4 is 10.6 Å². The molecule has 1 aliphatic rings. The molecule has 13 heteroatoms. The van der Waals surface area contributed by atoms with E-state index in [1.165, 1.54) is 6.92 Å². The summed E-state index contributed by atoms with van der Waals surface area (Å²) in [7, 11) is 0. The highest BCUT2D eigenvalue weighted by Gasteiger charge is 2.52. The normalized spacial score (nSPS) is 23.7. The summed E-state index contributed by atoms with van der Waals surface area (Å²) in [6, 6.07) is 6.26. The van der Waals surface area contributed by atoms with Gasteiger partial charge in [-0.3, -0.25) is 19.2 Å². The van der Waals surface area contributed by atoms with E-state index in [4.69, 9.17) is 23.7 Å². The molecule has 1 heterocycles. The highest BCUT2D eigenvalue weighted by molar-refractivity contribution is 14.1. The summed E-state index contributed by atoms with van der Waals surface area (Å²) in [5, 5.41) is 5.16. The predicted molar refractivity (Wildman–Crippen MR) is 123 cm³/mol. The topological polar surface area (TPSA) is 156 Å². The summed E-state index contributed by atoms with van der Waals surface area (Å²) in [5.74, 6) is -2.93. The molecule has 12 nitrogen and oxygen atoms in total. The van der Waals surface area contributed by atoms with Crippen LogP contribution in [0.3, 0.4) is 0 Å². The third-order valence-corrected chi connectivity index (χ3v) is 5.33. The summed E-state index contributed by atoms with van der Waals surface area (Å²) in [6.45, 7) is 4.11. The first-order valence-electron chi connectivity index (χ1n) is 10.1. The lowest BCUT2D eigenvalue weighted by atomic mass is 9.97. The molecule has 1 aromatic rings. The minimum Gasteiger partial charge on any atom is -0.463 e. The molecule has 1 aliphatic heterocycles. The van der Waals surface area contributed by atoms with E-state index < -0.39 is 67.2 Å². The van der Waals surface area contributed by atoms with Gasteiger partial charge in [0, 0.05) is 31.3 Å². The van der Waals surface area contributed by atoms with Crippen LogP contribution in [0.25, 0.3) is 0 Å². The van der Waals surface area contributed by atoms with Gasteiger partial charge >= 0.3 is 29.9 Å². The van der Waals surface area contributed by atoms with Crippen molar-refractivity contribution in [3.8, 4) is 0 Å². The Kier molecular flexibility index (Phi) is 10.0. The summed E-state index contributed by atoms with van der Waals surface area (Å²) in [5.41, 5.74) is 0.506. The van der Waals surface area contributed by atoms with E-state index in [0.717, 1.165) is 24.3 Å². The third-order valence-electron chi connectivity index (χ3n) is 4.39. The molecule has 1 saturated heterocycles. The number of carbonyl (C=O) groups excluding carboxylic acids is 5. The number of urea groups is 1. The molecule has 2 amide bonds. The maximum Gasteiger partial charge on any atom is 0.321 e. The van der Waals surface area contributed by atoms with Crippen molar-refractivity contribution in [2.75, 3.05) is 11.9 Å². The molecule has 186 valence electrons. The van der Waals surface area contributed by atoms with Crippen LogP contribution >= 0.6 is 22.6 Å². The Morgan fingerprint density at radius 1 is 0.853 bits per heavy atom. The Hall–Kier alpha value is -2.94. The Morgan fingerprint density at radius 3 is 1.97 bits per heavy atom. The minimum atomic E-state index is -1.39. The maximum atomic E-state index is 12.7. The monoisotopic (exact) mass is 592 g/mol. The highest BCUT2D eigenvalue weighted by atomic mass is 127. The standard InChI is InChI=1S/C21H25IN2O10/c1-10(25)30-9-16-17(31-11(2)26)18(32-12(3)27)19(33-13(4)28)20(34-16)24-21(29)23-15-8-6-5-7-14(15)22/h5-8,16-20H,9H2,1-4H3,(H2,23,24,29)/t16-,17+,18+,19-,20-/m1/s1. The first-order chi connectivity index (χ1) is 16.0. The quantitative estimate of drug-likeness (QED) is 0.270. The largest absolute Gasteiger partial charge is 0.463 e. The van der Waals surface area contributed by atoms with E-state index in [1.54, 1.807) is 24.3 Å². The van der Waals surface area contributed by atoms with Gasteiger partial charge in [0.25, 0.3) is 0 Å². The maximum absolute atomic E-state index is 12.7. The number of hydrogen-bond acceptors (Lipinski definition) is 10. The molecule has 0 aromatic heterocycles. The molecule has 0 spiro atoms. The number of nitrogens with one attached hydrogen (secondary N) is 2. The van der Waals surface area contributed by atoms with Crippen molar-refractivity contribution in [2.45, 2.75) is 58.3 Å². The molecule has 1 aromatic carbocycles. The number of amides is 2. The van der Waals surface area contributed by atoms with E-state index in [9.17, 15) is 24.0 Å². The van der Waals surface area contributed by atoms with Crippen LogP contribution in [0.4, 0.5) is 10.5 Å². The number of anilines is 1. The smallest absolute Gasteiger partial charge is 0.321 e. The van der Waals surface area contributed by atoms with Gasteiger partial charge in [-0.2, -0.15) is 0 Å². The Labute approximate surface area is 209 Å². The summed E-state index contributed by atoms with van der Waals surface area (Å²) in [4.78, 5) is 59.4. The fraction of sp³-hybridized carbons (Fsp3) is 0.476. The average Bonchev–Trinajstić information content (AvgIpc) is 2.71. The van der Waals surface area contributed by atoms with E-state index in [1.807, 2.05) is 22.6 Å². The lowest BCUT2D eigenvalue weighted by molar-refractivity contribution is -0.255. The van der Waals surface area contributed by atoms with Gasteiger partial charge in [0.15, 0.2) is 24.5 Å². The van der Waals surface area contributed by atoms with Crippen LogP contribution in [0.2, 0.25) is 0 Å². The molecule has 2 N–H and O–H groups in total. The first-order valence-corrected chi connectivity index (χ1v) is 11.2. The van der Waals surface area contributed by atoms with Crippen molar-refractivity contribution in [1.82, 2.24) is 5.32 Å². The Bertz CT molecular complexity index is 940. The SMILES string of the molecule is CC(=O)OC[C@H]1O[C@@H](NC(=O)Nc2ccccc2I)[C@H](OC(C)=O)[C@@H](OC(C)=O)[C@H]1OC(C)=O. The fourth-order valence-electron chi connectivity index (χ4n) is 3.19. The zero-order valence-corrected chi connectivity index (χ0v) is 21.0. The number of halogens is 1. The second-order valence-electron chi connectivity index (χ2n) is 7.20. The van der Waals surface area contributed by atoms with Crippen molar-refractivity contribution in [3.05, 3.63) is 27.8 Å². The second kappa shape index (κ2) is 12.5.